The second-order valence-electron chi connectivity index (χ2n) is 6.43. The molecule has 1 aromatic rings. The van der Waals surface area contributed by atoms with Gasteiger partial charge in [0.2, 0.25) is 0 Å². The Balaban J connectivity index is 1.82. The smallest absolute Gasteiger partial charge is 0.133 e. The van der Waals surface area contributed by atoms with E-state index in [1.165, 1.54) is 43.4 Å². The number of nitrogens with one attached hydrogen (secondary N) is 1. The Bertz CT molecular complexity index is 439. The minimum Gasteiger partial charge on any atom is -0.366 e. The van der Waals surface area contributed by atoms with Gasteiger partial charge in [-0.1, -0.05) is 26.7 Å². The van der Waals surface area contributed by atoms with E-state index in [1.807, 2.05) is 0 Å². The molecule has 1 fully saturated rings. The number of hydrogen-bond donors (Lipinski definition) is 1. The first-order valence-corrected chi connectivity index (χ1v) is 7.26. The molecule has 1 heterocycles. The molecule has 18 heavy (non-hydrogen) atoms. The molecule has 0 aromatic carbocycles. The van der Waals surface area contributed by atoms with Crippen LogP contribution in [0.2, 0.25) is 0 Å². The van der Waals surface area contributed by atoms with Gasteiger partial charge in [-0.15, -0.1) is 0 Å². The summed E-state index contributed by atoms with van der Waals surface area (Å²) in [5.41, 5.74) is 3.02. The summed E-state index contributed by atoms with van der Waals surface area (Å²) in [6.07, 6.45) is 10.5. The van der Waals surface area contributed by atoms with Crippen LogP contribution in [-0.4, -0.2) is 16.0 Å². The van der Waals surface area contributed by atoms with Gasteiger partial charge in [0.25, 0.3) is 0 Å². The first-order chi connectivity index (χ1) is 8.67. The summed E-state index contributed by atoms with van der Waals surface area (Å²) in [7, 11) is 0. The Hall–Kier alpha value is -1.12. The summed E-state index contributed by atoms with van der Waals surface area (Å²) in [5, 5.41) is 3.72. The number of nitrogens with zero attached hydrogens (tertiary/aromatic N) is 2. The standard InChI is InChI=1S/C15H23N3/c1-15(2)9-4-3-8-13(15)18-14-11-6-5-7-12(11)16-10-17-14/h10,13H,3-9H2,1-2H3,(H,16,17,18). The fourth-order valence-electron chi connectivity index (χ4n) is 3.41. The van der Waals surface area contributed by atoms with Crippen molar-refractivity contribution in [2.75, 3.05) is 5.32 Å². The minimum atomic E-state index is 0.384. The molecule has 2 aliphatic rings. The molecule has 0 amide bonds. The summed E-state index contributed by atoms with van der Waals surface area (Å²) < 4.78 is 0. The van der Waals surface area contributed by atoms with E-state index in [9.17, 15) is 0 Å². The van der Waals surface area contributed by atoms with Crippen LogP contribution in [0.25, 0.3) is 0 Å². The minimum absolute atomic E-state index is 0.384. The van der Waals surface area contributed by atoms with Crippen LogP contribution < -0.4 is 5.32 Å². The Morgan fingerprint density at radius 1 is 1.17 bits per heavy atom. The molecule has 1 N–H and O–H groups in total. The van der Waals surface area contributed by atoms with Crippen molar-refractivity contribution >= 4 is 5.82 Å². The molecule has 0 aliphatic heterocycles. The van der Waals surface area contributed by atoms with Crippen LogP contribution in [-0.2, 0) is 12.8 Å². The van der Waals surface area contributed by atoms with Crippen molar-refractivity contribution in [3.63, 3.8) is 0 Å². The number of aryl methyl sites for hydroxylation is 1. The molecule has 3 nitrogen and oxygen atoms in total. The second kappa shape index (κ2) is 4.52. The van der Waals surface area contributed by atoms with E-state index in [2.05, 4.69) is 29.1 Å². The largest absolute Gasteiger partial charge is 0.366 e. The summed E-state index contributed by atoms with van der Waals surface area (Å²) >= 11 is 0. The van der Waals surface area contributed by atoms with Gasteiger partial charge in [-0.2, -0.15) is 0 Å². The molecule has 98 valence electrons. The van der Waals surface area contributed by atoms with Gasteiger partial charge in [0, 0.05) is 17.3 Å². The van der Waals surface area contributed by atoms with Crippen LogP contribution in [0.3, 0.4) is 0 Å². The molecule has 0 saturated heterocycles. The number of fused-ring (bicyclic) bond motifs is 1. The number of rotatable bonds is 2. The van der Waals surface area contributed by atoms with Gasteiger partial charge < -0.3 is 5.32 Å². The predicted molar refractivity (Wildman–Crippen MR) is 73.7 cm³/mol. The van der Waals surface area contributed by atoms with Gasteiger partial charge in [0.05, 0.1) is 0 Å². The van der Waals surface area contributed by atoms with Gasteiger partial charge >= 0.3 is 0 Å². The third-order valence-electron chi connectivity index (χ3n) is 4.69. The molecule has 1 aromatic heterocycles. The van der Waals surface area contributed by atoms with Crippen LogP contribution in [0, 0.1) is 5.41 Å². The maximum Gasteiger partial charge on any atom is 0.133 e. The van der Waals surface area contributed by atoms with Gasteiger partial charge in [-0.3, -0.25) is 0 Å². The predicted octanol–water partition coefficient (Wildman–Crippen LogP) is 3.35. The monoisotopic (exact) mass is 245 g/mol. The summed E-state index contributed by atoms with van der Waals surface area (Å²) in [5.74, 6) is 1.11. The number of hydrogen-bond acceptors (Lipinski definition) is 3. The van der Waals surface area contributed by atoms with Gasteiger partial charge in [0.15, 0.2) is 0 Å². The lowest BCUT2D eigenvalue weighted by molar-refractivity contribution is 0.216. The molecule has 0 bridgehead atoms. The molecule has 3 rings (SSSR count). The van der Waals surface area contributed by atoms with Crippen LogP contribution in [0.5, 0.6) is 0 Å². The van der Waals surface area contributed by atoms with E-state index in [-0.39, 0.29) is 0 Å². The molecule has 0 spiro atoms. The van der Waals surface area contributed by atoms with Crippen LogP contribution in [0.15, 0.2) is 6.33 Å². The Morgan fingerprint density at radius 2 is 2.06 bits per heavy atom. The third kappa shape index (κ3) is 2.11. The van der Waals surface area contributed by atoms with E-state index in [1.54, 1.807) is 6.33 Å². The number of anilines is 1. The van der Waals surface area contributed by atoms with Crippen molar-refractivity contribution in [3.8, 4) is 0 Å². The van der Waals surface area contributed by atoms with Crippen LogP contribution >= 0.6 is 0 Å². The first kappa shape index (κ1) is 11.9. The van der Waals surface area contributed by atoms with E-state index in [0.29, 0.717) is 11.5 Å². The Kier molecular flexibility index (Phi) is 3.00. The van der Waals surface area contributed by atoms with Crippen molar-refractivity contribution in [2.45, 2.75) is 64.8 Å². The average molecular weight is 245 g/mol. The van der Waals surface area contributed by atoms with E-state index >= 15 is 0 Å². The van der Waals surface area contributed by atoms with Crippen molar-refractivity contribution in [2.24, 2.45) is 5.41 Å². The molecular formula is C15H23N3. The quantitative estimate of drug-likeness (QED) is 0.868. The molecular weight excluding hydrogens is 222 g/mol. The van der Waals surface area contributed by atoms with E-state index < -0.39 is 0 Å². The normalized spacial score (nSPS) is 25.8. The fraction of sp³-hybridized carbons (Fsp3) is 0.733. The van der Waals surface area contributed by atoms with Crippen LogP contribution in [0.4, 0.5) is 5.82 Å². The highest BCUT2D eigenvalue weighted by Crippen LogP contribution is 2.38. The van der Waals surface area contributed by atoms with Crippen molar-refractivity contribution in [1.29, 1.82) is 0 Å². The molecule has 2 aliphatic carbocycles. The van der Waals surface area contributed by atoms with Crippen molar-refractivity contribution in [3.05, 3.63) is 17.6 Å². The highest BCUT2D eigenvalue weighted by atomic mass is 15.1. The maximum atomic E-state index is 4.49. The van der Waals surface area contributed by atoms with Crippen molar-refractivity contribution < 1.29 is 0 Å². The SMILES string of the molecule is CC1(C)CCCCC1Nc1ncnc2c1CCC2. The van der Waals surface area contributed by atoms with E-state index in [0.717, 1.165) is 18.7 Å². The molecule has 1 atom stereocenters. The topological polar surface area (TPSA) is 37.8 Å². The summed E-state index contributed by atoms with van der Waals surface area (Å²) in [6.45, 7) is 4.76. The highest BCUT2D eigenvalue weighted by molar-refractivity contribution is 5.49. The molecule has 3 heteroatoms. The Labute approximate surface area is 109 Å². The van der Waals surface area contributed by atoms with Gasteiger partial charge in [-0.05, 0) is 37.5 Å². The summed E-state index contributed by atoms with van der Waals surface area (Å²) in [4.78, 5) is 8.89. The fourth-order valence-corrected chi connectivity index (χ4v) is 3.41. The Morgan fingerprint density at radius 3 is 2.89 bits per heavy atom. The molecule has 1 unspecified atom stereocenters. The zero-order chi connectivity index (χ0) is 12.6. The number of aromatic nitrogens is 2. The lowest BCUT2D eigenvalue weighted by atomic mass is 9.73. The first-order valence-electron chi connectivity index (χ1n) is 7.26. The zero-order valence-electron chi connectivity index (χ0n) is 11.5. The third-order valence-corrected chi connectivity index (χ3v) is 4.69. The average Bonchev–Trinajstić information content (AvgIpc) is 2.81. The van der Waals surface area contributed by atoms with Crippen molar-refractivity contribution in [1.82, 2.24) is 9.97 Å². The highest BCUT2D eigenvalue weighted by Gasteiger charge is 2.33. The molecule has 0 radical (unpaired) electrons. The summed E-state index contributed by atoms with van der Waals surface area (Å²) in [6, 6.07) is 0.561. The van der Waals surface area contributed by atoms with Gasteiger partial charge in [0.1, 0.15) is 12.1 Å². The lowest BCUT2D eigenvalue weighted by Crippen LogP contribution is -2.39. The van der Waals surface area contributed by atoms with E-state index in [4.69, 9.17) is 0 Å². The lowest BCUT2D eigenvalue weighted by Gasteiger charge is -2.39. The molecule has 1 saturated carbocycles. The maximum absolute atomic E-state index is 4.49. The zero-order valence-corrected chi connectivity index (χ0v) is 11.5. The van der Waals surface area contributed by atoms with Gasteiger partial charge in [-0.25, -0.2) is 9.97 Å². The second-order valence-corrected chi connectivity index (χ2v) is 6.43. The van der Waals surface area contributed by atoms with Crippen LogP contribution in [0.1, 0.15) is 57.2 Å².